The standard InChI is InChI=1S/C17H16BrNO2S/c1-2-17(21)19-14-7-3-12(4-8-14)16(20)11-22-15-9-5-13(18)6-10-15/h3-10H,2,11H2,1H3,(H,19,21). The van der Waals surface area contributed by atoms with Gasteiger partial charge in [-0.15, -0.1) is 11.8 Å². The Hall–Kier alpha value is -1.59. The quantitative estimate of drug-likeness (QED) is 0.582. The largest absolute Gasteiger partial charge is 0.326 e. The Balaban J connectivity index is 1.92. The third kappa shape index (κ3) is 5.00. The van der Waals surface area contributed by atoms with Crippen LogP contribution < -0.4 is 5.32 Å². The number of carbonyl (C=O) groups is 2. The Bertz CT molecular complexity index is 653. The molecule has 0 unspecified atom stereocenters. The molecule has 0 spiro atoms. The van der Waals surface area contributed by atoms with Gasteiger partial charge < -0.3 is 5.32 Å². The summed E-state index contributed by atoms with van der Waals surface area (Å²) in [7, 11) is 0. The lowest BCUT2D eigenvalue weighted by molar-refractivity contribution is -0.115. The number of rotatable bonds is 6. The lowest BCUT2D eigenvalue weighted by atomic mass is 10.1. The average molecular weight is 378 g/mol. The highest BCUT2D eigenvalue weighted by molar-refractivity contribution is 9.10. The van der Waals surface area contributed by atoms with E-state index in [2.05, 4.69) is 21.2 Å². The van der Waals surface area contributed by atoms with E-state index in [4.69, 9.17) is 0 Å². The molecule has 0 aliphatic carbocycles. The third-order valence-electron chi connectivity index (χ3n) is 3.00. The van der Waals surface area contributed by atoms with Crippen LogP contribution in [0.3, 0.4) is 0 Å². The number of Topliss-reactive ketones (excluding diaryl/α,β-unsaturated/α-hetero) is 1. The smallest absolute Gasteiger partial charge is 0.224 e. The summed E-state index contributed by atoms with van der Waals surface area (Å²) in [5, 5.41) is 2.76. The molecule has 0 radical (unpaired) electrons. The molecule has 2 aromatic rings. The molecule has 0 aromatic heterocycles. The highest BCUT2D eigenvalue weighted by Crippen LogP contribution is 2.22. The van der Waals surface area contributed by atoms with Crippen molar-refractivity contribution in [2.24, 2.45) is 0 Å². The molecule has 0 heterocycles. The maximum absolute atomic E-state index is 12.2. The second-order valence-electron chi connectivity index (χ2n) is 4.64. The third-order valence-corrected chi connectivity index (χ3v) is 4.54. The van der Waals surface area contributed by atoms with Crippen molar-refractivity contribution >= 4 is 45.1 Å². The first kappa shape index (κ1) is 16.8. The number of amides is 1. The molecule has 1 amide bonds. The minimum absolute atomic E-state index is 0.0372. The summed E-state index contributed by atoms with van der Waals surface area (Å²) >= 11 is 4.90. The molecule has 22 heavy (non-hydrogen) atoms. The van der Waals surface area contributed by atoms with Gasteiger partial charge in [-0.25, -0.2) is 0 Å². The summed E-state index contributed by atoms with van der Waals surface area (Å²) in [6.45, 7) is 1.80. The summed E-state index contributed by atoms with van der Waals surface area (Å²) < 4.78 is 1.02. The number of thioether (sulfide) groups is 1. The van der Waals surface area contributed by atoms with Gasteiger partial charge in [-0.3, -0.25) is 9.59 Å². The predicted molar refractivity (Wildman–Crippen MR) is 94.6 cm³/mol. The first-order chi connectivity index (χ1) is 10.6. The fourth-order valence-corrected chi connectivity index (χ4v) is 2.81. The molecule has 0 bridgehead atoms. The van der Waals surface area contributed by atoms with Crippen LogP contribution in [0.15, 0.2) is 57.9 Å². The number of carbonyl (C=O) groups excluding carboxylic acids is 2. The van der Waals surface area contributed by atoms with E-state index >= 15 is 0 Å². The van der Waals surface area contributed by atoms with E-state index in [1.807, 2.05) is 24.3 Å². The summed E-state index contributed by atoms with van der Waals surface area (Å²) in [4.78, 5) is 24.5. The van der Waals surface area contributed by atoms with Gasteiger partial charge in [-0.05, 0) is 48.5 Å². The maximum Gasteiger partial charge on any atom is 0.224 e. The fraction of sp³-hybridized carbons (Fsp3) is 0.176. The van der Waals surface area contributed by atoms with Crippen LogP contribution >= 0.6 is 27.7 Å². The Morgan fingerprint density at radius 2 is 1.68 bits per heavy atom. The van der Waals surface area contributed by atoms with Crippen molar-refractivity contribution in [1.29, 1.82) is 0 Å². The molecule has 114 valence electrons. The zero-order chi connectivity index (χ0) is 15.9. The van der Waals surface area contributed by atoms with Crippen molar-refractivity contribution in [2.45, 2.75) is 18.2 Å². The molecule has 1 N–H and O–H groups in total. The average Bonchev–Trinajstić information content (AvgIpc) is 2.54. The van der Waals surface area contributed by atoms with Gasteiger partial charge in [0, 0.05) is 27.0 Å². The van der Waals surface area contributed by atoms with Crippen LogP contribution in [0.5, 0.6) is 0 Å². The van der Waals surface area contributed by atoms with E-state index in [0.29, 0.717) is 23.4 Å². The molecule has 0 saturated carbocycles. The first-order valence-corrected chi connectivity index (χ1v) is 8.68. The van der Waals surface area contributed by atoms with Crippen LogP contribution in [0.1, 0.15) is 23.7 Å². The molecule has 0 atom stereocenters. The number of anilines is 1. The van der Waals surface area contributed by atoms with Crippen LogP contribution in [0.25, 0.3) is 0 Å². The van der Waals surface area contributed by atoms with Crippen LogP contribution in [-0.2, 0) is 4.79 Å². The second kappa shape index (κ2) is 8.15. The second-order valence-corrected chi connectivity index (χ2v) is 6.61. The van der Waals surface area contributed by atoms with E-state index in [0.717, 1.165) is 9.37 Å². The first-order valence-electron chi connectivity index (χ1n) is 6.90. The summed E-state index contributed by atoms with van der Waals surface area (Å²) in [5.74, 6) is 0.425. The minimum atomic E-state index is -0.0372. The van der Waals surface area contributed by atoms with Crippen LogP contribution in [-0.4, -0.2) is 17.4 Å². The van der Waals surface area contributed by atoms with Gasteiger partial charge in [0.25, 0.3) is 0 Å². The predicted octanol–water partition coefficient (Wildman–Crippen LogP) is 4.77. The lowest BCUT2D eigenvalue weighted by Crippen LogP contribution is -2.09. The van der Waals surface area contributed by atoms with E-state index in [1.54, 1.807) is 31.2 Å². The van der Waals surface area contributed by atoms with Crippen molar-refractivity contribution in [3.05, 3.63) is 58.6 Å². The molecular weight excluding hydrogens is 362 g/mol. The highest BCUT2D eigenvalue weighted by Gasteiger charge is 2.07. The Labute approximate surface area is 142 Å². The van der Waals surface area contributed by atoms with Gasteiger partial charge in [-0.1, -0.05) is 22.9 Å². The SMILES string of the molecule is CCC(=O)Nc1ccc(C(=O)CSc2ccc(Br)cc2)cc1. The summed E-state index contributed by atoms with van der Waals surface area (Å²) in [6, 6.07) is 14.9. The molecule has 0 saturated heterocycles. The van der Waals surface area contributed by atoms with Gasteiger partial charge in [0.1, 0.15) is 0 Å². The Morgan fingerprint density at radius 1 is 1.05 bits per heavy atom. The van der Waals surface area contributed by atoms with Crippen molar-refractivity contribution < 1.29 is 9.59 Å². The number of nitrogens with one attached hydrogen (secondary N) is 1. The van der Waals surface area contributed by atoms with E-state index < -0.39 is 0 Å². The zero-order valence-corrected chi connectivity index (χ0v) is 14.5. The van der Waals surface area contributed by atoms with Crippen molar-refractivity contribution in [1.82, 2.24) is 0 Å². The van der Waals surface area contributed by atoms with Gasteiger partial charge in [-0.2, -0.15) is 0 Å². The number of hydrogen-bond donors (Lipinski definition) is 1. The Morgan fingerprint density at radius 3 is 2.27 bits per heavy atom. The highest BCUT2D eigenvalue weighted by atomic mass is 79.9. The summed E-state index contributed by atoms with van der Waals surface area (Å²) in [5.41, 5.74) is 1.36. The van der Waals surface area contributed by atoms with Crippen LogP contribution in [0.4, 0.5) is 5.69 Å². The van der Waals surface area contributed by atoms with Gasteiger partial charge >= 0.3 is 0 Å². The molecule has 2 rings (SSSR count). The normalized spacial score (nSPS) is 10.3. The van der Waals surface area contributed by atoms with Crippen LogP contribution in [0.2, 0.25) is 0 Å². The number of benzene rings is 2. The van der Waals surface area contributed by atoms with Crippen LogP contribution in [0, 0.1) is 0 Å². The van der Waals surface area contributed by atoms with Gasteiger partial charge in [0.2, 0.25) is 5.91 Å². The van der Waals surface area contributed by atoms with Crippen molar-refractivity contribution in [2.75, 3.05) is 11.1 Å². The zero-order valence-electron chi connectivity index (χ0n) is 12.1. The van der Waals surface area contributed by atoms with Gasteiger partial charge in [0.15, 0.2) is 5.78 Å². The monoisotopic (exact) mass is 377 g/mol. The molecular formula is C17H16BrNO2S. The van der Waals surface area contributed by atoms with E-state index in [-0.39, 0.29) is 11.7 Å². The number of hydrogen-bond acceptors (Lipinski definition) is 3. The van der Waals surface area contributed by atoms with Crippen molar-refractivity contribution in [3.63, 3.8) is 0 Å². The molecule has 3 nitrogen and oxygen atoms in total. The van der Waals surface area contributed by atoms with E-state index in [9.17, 15) is 9.59 Å². The Kier molecular flexibility index (Phi) is 6.21. The van der Waals surface area contributed by atoms with Gasteiger partial charge in [0.05, 0.1) is 5.75 Å². The molecule has 2 aromatic carbocycles. The minimum Gasteiger partial charge on any atom is -0.326 e. The molecule has 0 fully saturated rings. The maximum atomic E-state index is 12.2. The molecule has 0 aliphatic heterocycles. The van der Waals surface area contributed by atoms with E-state index in [1.165, 1.54) is 11.8 Å². The fourth-order valence-electron chi connectivity index (χ4n) is 1.75. The number of halogens is 1. The number of ketones is 1. The lowest BCUT2D eigenvalue weighted by Gasteiger charge is -2.05. The van der Waals surface area contributed by atoms with Crippen molar-refractivity contribution in [3.8, 4) is 0 Å². The molecule has 5 heteroatoms. The molecule has 0 aliphatic rings. The summed E-state index contributed by atoms with van der Waals surface area (Å²) in [6.07, 6.45) is 0.435. The topological polar surface area (TPSA) is 46.2 Å².